The first-order valence-electron chi connectivity index (χ1n) is 6.70. The number of nitrogen functional groups attached to an aromatic ring is 1. The van der Waals surface area contributed by atoms with Crippen LogP contribution in [0.4, 0.5) is 11.6 Å². The van der Waals surface area contributed by atoms with Crippen LogP contribution in [0.5, 0.6) is 0 Å². The first kappa shape index (κ1) is 12.4. The summed E-state index contributed by atoms with van der Waals surface area (Å²) in [6.07, 6.45) is 3.47. The summed E-state index contributed by atoms with van der Waals surface area (Å²) < 4.78 is 0. The second-order valence-electron chi connectivity index (χ2n) is 4.89. The molecule has 3 N–H and O–H groups in total. The maximum absolute atomic E-state index is 5.83. The fourth-order valence-corrected chi connectivity index (χ4v) is 2.88. The van der Waals surface area contributed by atoms with Crippen LogP contribution in [-0.4, -0.2) is 9.97 Å². The Morgan fingerprint density at radius 3 is 2.79 bits per heavy atom. The van der Waals surface area contributed by atoms with Gasteiger partial charge in [0.15, 0.2) is 0 Å². The molecule has 0 saturated heterocycles. The molecule has 0 aliphatic heterocycles. The van der Waals surface area contributed by atoms with Gasteiger partial charge in [-0.2, -0.15) is 0 Å². The zero-order valence-electron chi connectivity index (χ0n) is 11.0. The third kappa shape index (κ3) is 3.04. The number of anilines is 2. The van der Waals surface area contributed by atoms with Gasteiger partial charge >= 0.3 is 0 Å². The van der Waals surface area contributed by atoms with E-state index >= 15 is 0 Å². The van der Waals surface area contributed by atoms with Crippen molar-refractivity contribution < 1.29 is 0 Å². The number of nitrogens with zero attached hydrogens (tertiary/aromatic N) is 2. The van der Waals surface area contributed by atoms with E-state index in [-0.39, 0.29) is 0 Å². The highest BCUT2D eigenvalue weighted by Gasteiger charge is 2.27. The lowest BCUT2D eigenvalue weighted by molar-refractivity contribution is 0.927. The molecule has 100 valence electrons. The quantitative estimate of drug-likeness (QED) is 0.879. The third-order valence-electron chi connectivity index (χ3n) is 3.22. The van der Waals surface area contributed by atoms with Gasteiger partial charge in [0.05, 0.1) is 6.54 Å². The molecular formula is C14H18N4S. The molecule has 3 rings (SSSR count). The maximum atomic E-state index is 5.83. The van der Waals surface area contributed by atoms with Gasteiger partial charge in [-0.1, -0.05) is 6.92 Å². The minimum absolute atomic E-state index is 0.525. The molecule has 0 amide bonds. The van der Waals surface area contributed by atoms with Crippen molar-refractivity contribution in [1.82, 2.24) is 9.97 Å². The molecule has 1 fully saturated rings. The summed E-state index contributed by atoms with van der Waals surface area (Å²) in [5, 5.41) is 3.34. The Morgan fingerprint density at radius 2 is 2.11 bits per heavy atom. The number of rotatable bonds is 5. The molecule has 0 spiro atoms. The van der Waals surface area contributed by atoms with E-state index in [1.165, 1.54) is 22.6 Å². The van der Waals surface area contributed by atoms with Crippen LogP contribution in [0.15, 0.2) is 18.2 Å². The van der Waals surface area contributed by atoms with Crippen molar-refractivity contribution in [3.05, 3.63) is 33.8 Å². The molecular weight excluding hydrogens is 256 g/mol. The molecule has 0 unspecified atom stereocenters. The summed E-state index contributed by atoms with van der Waals surface area (Å²) in [7, 11) is 0. The van der Waals surface area contributed by atoms with Gasteiger partial charge in [0.1, 0.15) is 17.5 Å². The summed E-state index contributed by atoms with van der Waals surface area (Å²) >= 11 is 1.84. The Kier molecular flexibility index (Phi) is 3.38. The predicted molar refractivity (Wildman–Crippen MR) is 79.4 cm³/mol. The lowest BCUT2D eigenvalue weighted by atomic mass is 10.3. The summed E-state index contributed by atoms with van der Waals surface area (Å²) in [4.78, 5) is 11.6. The minimum atomic E-state index is 0.525. The van der Waals surface area contributed by atoms with E-state index in [0.717, 1.165) is 24.6 Å². The maximum Gasteiger partial charge on any atom is 0.136 e. The highest BCUT2D eigenvalue weighted by Crippen LogP contribution is 2.38. The van der Waals surface area contributed by atoms with Gasteiger partial charge in [-0.15, -0.1) is 11.3 Å². The molecule has 2 aromatic heterocycles. The van der Waals surface area contributed by atoms with E-state index in [2.05, 4.69) is 34.3 Å². The fraction of sp³-hybridized carbons (Fsp3) is 0.429. The van der Waals surface area contributed by atoms with E-state index in [0.29, 0.717) is 11.7 Å². The van der Waals surface area contributed by atoms with E-state index in [1.54, 1.807) is 6.07 Å². The number of thiophene rings is 1. The number of hydrogen-bond acceptors (Lipinski definition) is 5. The van der Waals surface area contributed by atoms with Crippen LogP contribution in [0, 0.1) is 0 Å². The lowest BCUT2D eigenvalue weighted by Crippen LogP contribution is -2.05. The van der Waals surface area contributed by atoms with E-state index in [1.807, 2.05) is 11.3 Å². The molecule has 19 heavy (non-hydrogen) atoms. The average Bonchev–Trinajstić information content (AvgIpc) is 3.15. The summed E-state index contributed by atoms with van der Waals surface area (Å²) in [6, 6.07) is 6.16. The highest BCUT2D eigenvalue weighted by atomic mass is 32.1. The highest BCUT2D eigenvalue weighted by molar-refractivity contribution is 7.12. The van der Waals surface area contributed by atoms with Gasteiger partial charge < -0.3 is 11.1 Å². The van der Waals surface area contributed by atoms with Crippen LogP contribution < -0.4 is 11.1 Å². The summed E-state index contributed by atoms with van der Waals surface area (Å²) in [6.45, 7) is 2.97. The number of nitrogens with two attached hydrogens (primary N) is 1. The molecule has 0 radical (unpaired) electrons. The monoisotopic (exact) mass is 274 g/mol. The van der Waals surface area contributed by atoms with Crippen LogP contribution in [-0.2, 0) is 13.0 Å². The van der Waals surface area contributed by atoms with Gasteiger partial charge in [0.2, 0.25) is 0 Å². The van der Waals surface area contributed by atoms with Crippen molar-refractivity contribution in [3.63, 3.8) is 0 Å². The van der Waals surface area contributed by atoms with E-state index in [4.69, 9.17) is 5.73 Å². The molecule has 0 atom stereocenters. The fourth-order valence-electron chi connectivity index (χ4n) is 1.98. The van der Waals surface area contributed by atoms with Crippen LogP contribution in [0.2, 0.25) is 0 Å². The van der Waals surface area contributed by atoms with Gasteiger partial charge in [0.25, 0.3) is 0 Å². The Labute approximate surface area is 117 Å². The number of aryl methyl sites for hydroxylation is 1. The van der Waals surface area contributed by atoms with Crippen LogP contribution in [0.3, 0.4) is 0 Å². The van der Waals surface area contributed by atoms with Crippen molar-refractivity contribution in [2.24, 2.45) is 0 Å². The minimum Gasteiger partial charge on any atom is -0.384 e. The Hall–Kier alpha value is -1.62. The lowest BCUT2D eigenvalue weighted by Gasteiger charge is -2.07. The molecule has 0 bridgehead atoms. The smallest absolute Gasteiger partial charge is 0.136 e. The van der Waals surface area contributed by atoms with Crippen molar-refractivity contribution in [3.8, 4) is 0 Å². The van der Waals surface area contributed by atoms with Gasteiger partial charge in [-0.3, -0.25) is 0 Å². The van der Waals surface area contributed by atoms with Crippen molar-refractivity contribution in [1.29, 1.82) is 0 Å². The van der Waals surface area contributed by atoms with E-state index < -0.39 is 0 Å². The molecule has 1 aliphatic carbocycles. The Morgan fingerprint density at radius 1 is 1.32 bits per heavy atom. The van der Waals surface area contributed by atoms with Crippen molar-refractivity contribution >= 4 is 23.0 Å². The average molecular weight is 274 g/mol. The number of hydrogen-bond donors (Lipinski definition) is 2. The first-order valence-corrected chi connectivity index (χ1v) is 7.52. The summed E-state index contributed by atoms with van der Waals surface area (Å²) in [5.74, 6) is 2.81. The second-order valence-corrected chi connectivity index (χ2v) is 6.14. The normalized spacial score (nSPS) is 14.6. The molecule has 1 aliphatic rings. The molecule has 0 aromatic carbocycles. The summed E-state index contributed by atoms with van der Waals surface area (Å²) in [5.41, 5.74) is 5.83. The first-order chi connectivity index (χ1) is 9.24. The second kappa shape index (κ2) is 5.17. The molecule has 4 nitrogen and oxygen atoms in total. The largest absolute Gasteiger partial charge is 0.384 e. The van der Waals surface area contributed by atoms with Crippen LogP contribution in [0.1, 0.15) is 41.3 Å². The van der Waals surface area contributed by atoms with Crippen LogP contribution in [0.25, 0.3) is 0 Å². The standard InChI is InChI=1S/C14H18N4S/c1-2-10-5-6-11(19-10)8-16-13-7-12(15)17-14(18-13)9-3-4-9/h5-7,9H,2-4,8H2,1H3,(H3,15,16,17,18). The number of nitrogens with one attached hydrogen (secondary N) is 1. The van der Waals surface area contributed by atoms with Gasteiger partial charge in [0, 0.05) is 21.7 Å². The SMILES string of the molecule is CCc1ccc(CNc2cc(N)nc(C3CC3)n2)s1. The predicted octanol–water partition coefficient (Wildman–Crippen LogP) is 3.17. The Balaban J connectivity index is 1.68. The van der Waals surface area contributed by atoms with Crippen molar-refractivity contribution in [2.75, 3.05) is 11.1 Å². The Bertz CT molecular complexity index is 575. The molecule has 2 aromatic rings. The number of aromatic nitrogens is 2. The van der Waals surface area contributed by atoms with Gasteiger partial charge in [-0.05, 0) is 31.4 Å². The zero-order valence-corrected chi connectivity index (χ0v) is 11.8. The molecule has 2 heterocycles. The van der Waals surface area contributed by atoms with Gasteiger partial charge in [-0.25, -0.2) is 9.97 Å². The topological polar surface area (TPSA) is 63.8 Å². The molecule has 1 saturated carbocycles. The van der Waals surface area contributed by atoms with E-state index in [9.17, 15) is 0 Å². The molecule has 5 heteroatoms. The zero-order chi connectivity index (χ0) is 13.2. The third-order valence-corrected chi connectivity index (χ3v) is 4.44. The van der Waals surface area contributed by atoms with Crippen LogP contribution >= 0.6 is 11.3 Å². The van der Waals surface area contributed by atoms with Crippen molar-refractivity contribution in [2.45, 2.75) is 38.6 Å².